The normalized spacial score (nSPS) is 11.9. The van der Waals surface area contributed by atoms with Gasteiger partial charge in [0, 0.05) is 12.6 Å². The predicted molar refractivity (Wildman–Crippen MR) is 68.4 cm³/mol. The van der Waals surface area contributed by atoms with Gasteiger partial charge in [-0.2, -0.15) is 0 Å². The van der Waals surface area contributed by atoms with E-state index in [2.05, 4.69) is 5.32 Å². The van der Waals surface area contributed by atoms with Gasteiger partial charge in [0.15, 0.2) is 0 Å². The van der Waals surface area contributed by atoms with E-state index in [-0.39, 0.29) is 28.0 Å². The summed E-state index contributed by atoms with van der Waals surface area (Å²) in [4.78, 5) is 20.8. The largest absolute Gasteiger partial charge is 0.481 e. The van der Waals surface area contributed by atoms with Crippen LogP contribution in [0.3, 0.4) is 0 Å². The van der Waals surface area contributed by atoms with Gasteiger partial charge in [-0.3, -0.25) is 14.9 Å². The maximum absolute atomic E-state index is 10.8. The highest BCUT2D eigenvalue weighted by Crippen LogP contribution is 2.33. The zero-order valence-corrected chi connectivity index (χ0v) is 10.8. The van der Waals surface area contributed by atoms with Crippen molar-refractivity contribution in [2.24, 2.45) is 5.92 Å². The van der Waals surface area contributed by atoms with Crippen LogP contribution in [-0.2, 0) is 4.79 Å². The predicted octanol–water partition coefficient (Wildman–Crippen LogP) is 3.03. The zero-order valence-electron chi connectivity index (χ0n) is 9.31. The van der Waals surface area contributed by atoms with Crippen LogP contribution in [0.1, 0.15) is 6.92 Å². The number of anilines is 1. The van der Waals surface area contributed by atoms with Gasteiger partial charge in [0.2, 0.25) is 0 Å². The van der Waals surface area contributed by atoms with Crippen LogP contribution < -0.4 is 5.32 Å². The van der Waals surface area contributed by atoms with Crippen molar-refractivity contribution < 1.29 is 14.8 Å². The number of carboxylic acid groups (broad SMARTS) is 1. The Hall–Kier alpha value is -1.53. The fourth-order valence-electron chi connectivity index (χ4n) is 1.18. The molecule has 0 aromatic heterocycles. The van der Waals surface area contributed by atoms with Gasteiger partial charge < -0.3 is 10.4 Å². The van der Waals surface area contributed by atoms with Crippen molar-refractivity contribution in [3.8, 4) is 0 Å². The topological polar surface area (TPSA) is 92.5 Å². The molecule has 0 aliphatic heterocycles. The Labute approximate surface area is 113 Å². The molecule has 1 aromatic carbocycles. The molecule has 1 rings (SSSR count). The van der Waals surface area contributed by atoms with Crippen molar-refractivity contribution in [3.63, 3.8) is 0 Å². The number of nitro groups is 1. The minimum absolute atomic E-state index is 0.0497. The number of nitrogens with zero attached hydrogens (tertiary/aromatic N) is 1. The second-order valence-electron chi connectivity index (χ2n) is 3.66. The van der Waals surface area contributed by atoms with Gasteiger partial charge in [0.25, 0.3) is 5.69 Å². The quantitative estimate of drug-likeness (QED) is 0.643. The van der Waals surface area contributed by atoms with Crippen molar-refractivity contribution in [2.45, 2.75) is 6.92 Å². The number of benzene rings is 1. The highest BCUT2D eigenvalue weighted by atomic mass is 35.5. The summed E-state index contributed by atoms with van der Waals surface area (Å²) in [5, 5.41) is 22.4. The highest BCUT2D eigenvalue weighted by molar-refractivity contribution is 6.42. The monoisotopic (exact) mass is 292 g/mol. The highest BCUT2D eigenvalue weighted by Gasteiger charge is 2.18. The summed E-state index contributed by atoms with van der Waals surface area (Å²) in [6.07, 6.45) is 0. The number of hydrogen-bond donors (Lipinski definition) is 2. The molecule has 6 nitrogen and oxygen atoms in total. The second-order valence-corrected chi connectivity index (χ2v) is 4.48. The van der Waals surface area contributed by atoms with Gasteiger partial charge in [0.05, 0.1) is 20.9 Å². The molecular formula is C10H10Cl2N2O4. The third-order valence-corrected chi connectivity index (χ3v) is 2.98. The smallest absolute Gasteiger partial charge is 0.308 e. The molecule has 0 fully saturated rings. The first-order chi connectivity index (χ1) is 8.32. The van der Waals surface area contributed by atoms with E-state index in [0.717, 1.165) is 6.07 Å². The van der Waals surface area contributed by atoms with Crippen molar-refractivity contribution in [1.82, 2.24) is 0 Å². The van der Waals surface area contributed by atoms with E-state index >= 15 is 0 Å². The van der Waals surface area contributed by atoms with Gasteiger partial charge in [0.1, 0.15) is 5.69 Å². The Morgan fingerprint density at radius 2 is 2.06 bits per heavy atom. The summed E-state index contributed by atoms with van der Waals surface area (Å²) >= 11 is 11.4. The maximum Gasteiger partial charge on any atom is 0.308 e. The van der Waals surface area contributed by atoms with E-state index in [4.69, 9.17) is 28.3 Å². The van der Waals surface area contributed by atoms with E-state index in [9.17, 15) is 14.9 Å². The van der Waals surface area contributed by atoms with Gasteiger partial charge >= 0.3 is 5.97 Å². The second kappa shape index (κ2) is 5.88. The van der Waals surface area contributed by atoms with Crippen LogP contribution in [0.5, 0.6) is 0 Å². The van der Waals surface area contributed by atoms with E-state index in [1.54, 1.807) is 0 Å². The number of nitro benzene ring substituents is 1. The zero-order chi connectivity index (χ0) is 13.9. The van der Waals surface area contributed by atoms with E-state index in [0.29, 0.717) is 0 Å². The van der Waals surface area contributed by atoms with E-state index in [1.165, 1.54) is 13.0 Å². The Morgan fingerprint density at radius 1 is 1.50 bits per heavy atom. The van der Waals surface area contributed by atoms with Crippen molar-refractivity contribution in [2.75, 3.05) is 11.9 Å². The van der Waals surface area contributed by atoms with Crippen LogP contribution in [0.4, 0.5) is 11.4 Å². The summed E-state index contributed by atoms with van der Waals surface area (Å²) < 4.78 is 0. The third kappa shape index (κ3) is 3.48. The molecule has 1 unspecified atom stereocenters. The van der Waals surface area contributed by atoms with Gasteiger partial charge in [-0.15, -0.1) is 0 Å². The number of carbonyl (C=O) groups is 1. The van der Waals surface area contributed by atoms with E-state index < -0.39 is 16.8 Å². The molecule has 18 heavy (non-hydrogen) atoms. The average Bonchev–Trinajstić information content (AvgIpc) is 2.29. The number of nitrogens with one attached hydrogen (secondary N) is 1. The molecule has 0 saturated carbocycles. The molecule has 0 bridgehead atoms. The summed E-state index contributed by atoms with van der Waals surface area (Å²) in [7, 11) is 0. The lowest BCUT2D eigenvalue weighted by Crippen LogP contribution is -2.20. The van der Waals surface area contributed by atoms with Crippen molar-refractivity contribution in [1.29, 1.82) is 0 Å². The molecule has 0 aliphatic carbocycles. The SMILES string of the molecule is CC(CNc1cc(Cl)c(Cl)cc1[N+](=O)[O-])C(=O)O. The summed E-state index contributed by atoms with van der Waals surface area (Å²) in [6.45, 7) is 1.53. The first-order valence-electron chi connectivity index (χ1n) is 4.93. The number of hydrogen-bond acceptors (Lipinski definition) is 4. The summed E-state index contributed by atoms with van der Waals surface area (Å²) in [6, 6.07) is 2.42. The Bertz CT molecular complexity index is 493. The lowest BCUT2D eigenvalue weighted by atomic mass is 10.2. The molecule has 98 valence electrons. The Balaban J connectivity index is 2.97. The first kappa shape index (κ1) is 14.5. The number of carboxylic acids is 1. The van der Waals surface area contributed by atoms with Crippen molar-refractivity contribution in [3.05, 3.63) is 32.3 Å². The van der Waals surface area contributed by atoms with E-state index in [1.807, 2.05) is 0 Å². The Morgan fingerprint density at radius 3 is 2.56 bits per heavy atom. The van der Waals surface area contributed by atoms with Gasteiger partial charge in [-0.1, -0.05) is 30.1 Å². The van der Waals surface area contributed by atoms with Gasteiger partial charge in [-0.05, 0) is 6.07 Å². The van der Waals surface area contributed by atoms with Crippen LogP contribution in [0, 0.1) is 16.0 Å². The van der Waals surface area contributed by atoms with Crippen molar-refractivity contribution >= 4 is 40.5 Å². The fourth-order valence-corrected chi connectivity index (χ4v) is 1.50. The lowest BCUT2D eigenvalue weighted by Gasteiger charge is -2.10. The first-order valence-corrected chi connectivity index (χ1v) is 5.68. The average molecular weight is 293 g/mol. The molecule has 0 aliphatic rings. The fraction of sp³-hybridized carbons (Fsp3) is 0.300. The molecule has 0 amide bonds. The molecule has 8 heteroatoms. The third-order valence-electron chi connectivity index (χ3n) is 2.26. The van der Waals surface area contributed by atoms with Crippen LogP contribution in [0.25, 0.3) is 0 Å². The number of halogens is 2. The van der Waals surface area contributed by atoms with Crippen LogP contribution >= 0.6 is 23.2 Å². The van der Waals surface area contributed by atoms with Gasteiger partial charge in [-0.25, -0.2) is 0 Å². The summed E-state index contributed by atoms with van der Waals surface area (Å²) in [5.74, 6) is -1.68. The molecule has 0 heterocycles. The molecular weight excluding hydrogens is 283 g/mol. The molecule has 2 N–H and O–H groups in total. The molecule has 1 aromatic rings. The molecule has 1 atom stereocenters. The summed E-state index contributed by atoms with van der Waals surface area (Å²) in [5.41, 5.74) is -0.107. The number of aliphatic carboxylic acids is 1. The molecule has 0 radical (unpaired) electrons. The lowest BCUT2D eigenvalue weighted by molar-refractivity contribution is -0.383. The van der Waals surface area contributed by atoms with Crippen LogP contribution in [0.15, 0.2) is 12.1 Å². The maximum atomic E-state index is 10.8. The van der Waals surface area contributed by atoms with Crippen LogP contribution in [0.2, 0.25) is 10.0 Å². The number of rotatable bonds is 5. The Kier molecular flexibility index (Phi) is 4.75. The minimum atomic E-state index is -0.995. The molecule has 0 spiro atoms. The minimum Gasteiger partial charge on any atom is -0.481 e. The molecule has 0 saturated heterocycles. The standard InChI is InChI=1S/C10H10Cl2N2O4/c1-5(10(15)16)4-13-8-2-6(11)7(12)3-9(8)14(17)18/h2-3,5,13H,4H2,1H3,(H,15,16). The van der Waals surface area contributed by atoms with Crippen LogP contribution in [-0.4, -0.2) is 22.5 Å².